The molecule has 1 fully saturated rings. The van der Waals surface area contributed by atoms with Crippen LogP contribution in [0.3, 0.4) is 0 Å². The lowest BCUT2D eigenvalue weighted by atomic mass is 10.1. The minimum atomic E-state index is 0.698. The highest BCUT2D eigenvalue weighted by molar-refractivity contribution is 5.77. The summed E-state index contributed by atoms with van der Waals surface area (Å²) in [7, 11) is 0. The fourth-order valence-electron chi connectivity index (χ4n) is 3.79. The van der Waals surface area contributed by atoms with E-state index in [2.05, 4.69) is 20.9 Å². The van der Waals surface area contributed by atoms with Crippen LogP contribution in [-0.4, -0.2) is 47.8 Å². The molecule has 4 heterocycles. The van der Waals surface area contributed by atoms with Crippen LogP contribution < -0.4 is 15.5 Å². The van der Waals surface area contributed by atoms with Gasteiger partial charge in [-0.05, 0) is 30.7 Å². The summed E-state index contributed by atoms with van der Waals surface area (Å²) in [4.78, 5) is 18.7. The van der Waals surface area contributed by atoms with Gasteiger partial charge in [-0.25, -0.2) is 4.98 Å². The van der Waals surface area contributed by atoms with E-state index in [1.807, 2.05) is 36.5 Å². The van der Waals surface area contributed by atoms with E-state index in [0.717, 1.165) is 60.5 Å². The summed E-state index contributed by atoms with van der Waals surface area (Å²) in [5, 5.41) is 0. The van der Waals surface area contributed by atoms with Crippen molar-refractivity contribution in [2.24, 2.45) is 0 Å². The van der Waals surface area contributed by atoms with Crippen LogP contribution in [0.1, 0.15) is 5.56 Å². The molecule has 5 rings (SSSR count). The van der Waals surface area contributed by atoms with Gasteiger partial charge in [0.25, 0.3) is 0 Å². The minimum absolute atomic E-state index is 0.698. The zero-order chi connectivity index (χ0) is 18.9. The van der Waals surface area contributed by atoms with Gasteiger partial charge in [0.15, 0.2) is 0 Å². The molecule has 0 radical (unpaired) electrons. The number of morpholine rings is 1. The van der Waals surface area contributed by atoms with Gasteiger partial charge in [-0.1, -0.05) is 12.1 Å². The molecule has 2 aliphatic rings. The second kappa shape index (κ2) is 7.09. The molecule has 0 aliphatic carbocycles. The molecule has 0 unspecified atom stereocenters. The van der Waals surface area contributed by atoms with E-state index in [-0.39, 0.29) is 0 Å². The number of hydrogen-bond donors (Lipinski definition) is 1. The Hall–Kier alpha value is -3.19. The SMILES string of the molecule is Nc1ccc(-c2nc(N3CCOCC3)nc3c2CCN3c2cccnc2)cc1. The van der Waals surface area contributed by atoms with Crippen molar-refractivity contribution < 1.29 is 4.74 Å². The number of nitrogens with zero attached hydrogens (tertiary/aromatic N) is 5. The molecule has 2 N–H and O–H groups in total. The zero-order valence-electron chi connectivity index (χ0n) is 15.6. The van der Waals surface area contributed by atoms with Crippen molar-refractivity contribution in [2.75, 3.05) is 48.4 Å². The number of benzene rings is 1. The molecule has 0 atom stereocenters. The van der Waals surface area contributed by atoms with Crippen LogP contribution in [0.5, 0.6) is 0 Å². The molecule has 3 aromatic rings. The van der Waals surface area contributed by atoms with E-state index in [9.17, 15) is 0 Å². The van der Waals surface area contributed by atoms with Gasteiger partial charge in [-0.3, -0.25) is 4.98 Å². The van der Waals surface area contributed by atoms with Crippen molar-refractivity contribution >= 4 is 23.1 Å². The van der Waals surface area contributed by atoms with Crippen LogP contribution in [0.25, 0.3) is 11.3 Å². The highest BCUT2D eigenvalue weighted by Gasteiger charge is 2.29. The van der Waals surface area contributed by atoms with Crippen molar-refractivity contribution in [3.8, 4) is 11.3 Å². The average molecular weight is 374 g/mol. The maximum atomic E-state index is 5.89. The van der Waals surface area contributed by atoms with Gasteiger partial charge in [-0.15, -0.1) is 0 Å². The lowest BCUT2D eigenvalue weighted by molar-refractivity contribution is 0.122. The molecule has 7 nitrogen and oxygen atoms in total. The molecule has 0 spiro atoms. The maximum Gasteiger partial charge on any atom is 0.228 e. The van der Waals surface area contributed by atoms with Gasteiger partial charge in [-0.2, -0.15) is 4.98 Å². The topological polar surface area (TPSA) is 80.4 Å². The predicted octanol–water partition coefficient (Wildman–Crippen LogP) is 2.65. The minimum Gasteiger partial charge on any atom is -0.399 e. The molecule has 0 bridgehead atoms. The molecule has 0 amide bonds. The number of rotatable bonds is 3. The number of anilines is 4. The number of pyridine rings is 1. The third-order valence-electron chi connectivity index (χ3n) is 5.25. The molecule has 0 saturated carbocycles. The Kier molecular flexibility index (Phi) is 4.29. The van der Waals surface area contributed by atoms with Crippen molar-refractivity contribution in [1.82, 2.24) is 15.0 Å². The Labute approximate surface area is 163 Å². The summed E-state index contributed by atoms with van der Waals surface area (Å²) in [5.41, 5.74) is 10.9. The van der Waals surface area contributed by atoms with Crippen LogP contribution in [0, 0.1) is 0 Å². The number of aromatic nitrogens is 3. The van der Waals surface area contributed by atoms with Gasteiger partial charge in [0.2, 0.25) is 5.95 Å². The number of nitrogens with two attached hydrogens (primary N) is 1. The summed E-state index contributed by atoms with van der Waals surface area (Å²) < 4.78 is 5.50. The van der Waals surface area contributed by atoms with Gasteiger partial charge < -0.3 is 20.3 Å². The zero-order valence-corrected chi connectivity index (χ0v) is 15.6. The van der Waals surface area contributed by atoms with Gasteiger partial charge in [0.05, 0.1) is 30.8 Å². The summed E-state index contributed by atoms with van der Waals surface area (Å²) in [6, 6.07) is 11.9. The summed E-state index contributed by atoms with van der Waals surface area (Å²) in [6.07, 6.45) is 4.57. The summed E-state index contributed by atoms with van der Waals surface area (Å²) in [6.45, 7) is 3.86. The lowest BCUT2D eigenvalue weighted by Crippen LogP contribution is -2.37. The Morgan fingerprint density at radius 2 is 1.79 bits per heavy atom. The number of ether oxygens (including phenoxy) is 1. The first-order valence-corrected chi connectivity index (χ1v) is 9.57. The first-order valence-electron chi connectivity index (χ1n) is 9.57. The van der Waals surface area contributed by atoms with Gasteiger partial charge in [0.1, 0.15) is 5.82 Å². The predicted molar refractivity (Wildman–Crippen MR) is 110 cm³/mol. The average Bonchev–Trinajstić information content (AvgIpc) is 3.19. The highest BCUT2D eigenvalue weighted by Crippen LogP contribution is 2.39. The molecule has 28 heavy (non-hydrogen) atoms. The molecule has 1 saturated heterocycles. The molecule has 2 aliphatic heterocycles. The van der Waals surface area contributed by atoms with Crippen LogP contribution in [-0.2, 0) is 11.2 Å². The van der Waals surface area contributed by atoms with E-state index < -0.39 is 0 Å². The van der Waals surface area contributed by atoms with E-state index in [1.54, 1.807) is 6.20 Å². The first kappa shape index (κ1) is 16.9. The fourth-order valence-corrected chi connectivity index (χ4v) is 3.79. The highest BCUT2D eigenvalue weighted by atomic mass is 16.5. The van der Waals surface area contributed by atoms with Crippen molar-refractivity contribution in [1.29, 1.82) is 0 Å². The smallest absolute Gasteiger partial charge is 0.228 e. The molecule has 2 aromatic heterocycles. The maximum absolute atomic E-state index is 5.89. The monoisotopic (exact) mass is 374 g/mol. The molecule has 7 heteroatoms. The molecule has 142 valence electrons. The van der Waals surface area contributed by atoms with Gasteiger partial charge in [0, 0.05) is 42.6 Å². The summed E-state index contributed by atoms with van der Waals surface area (Å²) in [5.74, 6) is 1.72. The summed E-state index contributed by atoms with van der Waals surface area (Å²) >= 11 is 0. The Balaban J connectivity index is 1.64. The molecular formula is C21H22N6O. The van der Waals surface area contributed by atoms with E-state index >= 15 is 0 Å². The lowest BCUT2D eigenvalue weighted by Gasteiger charge is -2.28. The third kappa shape index (κ3) is 3.03. The number of fused-ring (bicyclic) bond motifs is 1. The quantitative estimate of drug-likeness (QED) is 0.706. The second-order valence-electron chi connectivity index (χ2n) is 7.01. The van der Waals surface area contributed by atoms with Crippen LogP contribution in [0.2, 0.25) is 0 Å². The third-order valence-corrected chi connectivity index (χ3v) is 5.25. The second-order valence-corrected chi connectivity index (χ2v) is 7.01. The normalized spacial score (nSPS) is 16.3. The fraction of sp³-hybridized carbons (Fsp3) is 0.286. The van der Waals surface area contributed by atoms with Crippen LogP contribution in [0.4, 0.5) is 23.1 Å². The number of nitrogen functional groups attached to an aromatic ring is 1. The van der Waals surface area contributed by atoms with Crippen molar-refractivity contribution in [3.63, 3.8) is 0 Å². The van der Waals surface area contributed by atoms with Crippen LogP contribution in [0.15, 0.2) is 48.8 Å². The Morgan fingerprint density at radius 1 is 0.964 bits per heavy atom. The Morgan fingerprint density at radius 3 is 2.54 bits per heavy atom. The molecular weight excluding hydrogens is 352 g/mol. The van der Waals surface area contributed by atoms with Crippen molar-refractivity contribution in [3.05, 3.63) is 54.4 Å². The van der Waals surface area contributed by atoms with E-state index in [0.29, 0.717) is 13.2 Å². The molecule has 1 aromatic carbocycles. The largest absolute Gasteiger partial charge is 0.399 e. The number of hydrogen-bond acceptors (Lipinski definition) is 7. The Bertz CT molecular complexity index is 970. The van der Waals surface area contributed by atoms with Crippen molar-refractivity contribution in [2.45, 2.75) is 6.42 Å². The van der Waals surface area contributed by atoms with E-state index in [4.69, 9.17) is 20.4 Å². The first-order chi connectivity index (χ1) is 13.8. The van der Waals surface area contributed by atoms with E-state index in [1.165, 1.54) is 5.56 Å². The standard InChI is InChI=1S/C21H22N6O/c22-16-5-3-15(4-6-16)19-18-7-9-27(17-2-1-8-23-14-17)20(18)25-21(24-19)26-10-12-28-13-11-26/h1-6,8,14H,7,9-13,22H2. The van der Waals surface area contributed by atoms with Gasteiger partial charge >= 0.3 is 0 Å². The van der Waals surface area contributed by atoms with Crippen LogP contribution >= 0.6 is 0 Å².